The Labute approximate surface area is 176 Å². The van der Waals surface area contributed by atoms with E-state index in [2.05, 4.69) is 14.7 Å². The molecule has 0 bridgehead atoms. The first-order chi connectivity index (χ1) is 14.8. The summed E-state index contributed by atoms with van der Waals surface area (Å²) in [5.41, 5.74) is 7.12. The van der Waals surface area contributed by atoms with Crippen LogP contribution in [0.15, 0.2) is 48.3 Å². The Hall–Kier alpha value is -2.90. The van der Waals surface area contributed by atoms with Gasteiger partial charge < -0.3 is 20.7 Å². The fourth-order valence-corrected chi connectivity index (χ4v) is 4.11. The minimum absolute atomic E-state index is 0.110. The number of pyridine rings is 1. The van der Waals surface area contributed by atoms with Gasteiger partial charge in [-0.05, 0) is 18.2 Å². The van der Waals surface area contributed by atoms with Crippen molar-refractivity contribution in [1.29, 1.82) is 0 Å². The summed E-state index contributed by atoms with van der Waals surface area (Å²) in [6.07, 6.45) is -0.854. The van der Waals surface area contributed by atoms with Crippen molar-refractivity contribution in [3.05, 3.63) is 59.6 Å². The second kappa shape index (κ2) is 8.32. The third-order valence-electron chi connectivity index (χ3n) is 4.92. The fourth-order valence-electron chi connectivity index (χ4n) is 3.29. The molecule has 1 aromatic carbocycles. The van der Waals surface area contributed by atoms with E-state index in [1.54, 1.807) is 12.1 Å². The van der Waals surface area contributed by atoms with Gasteiger partial charge in [0, 0.05) is 23.7 Å². The predicted molar refractivity (Wildman–Crippen MR) is 110 cm³/mol. The number of aliphatic hydroxyl groups excluding tert-OH is 2. The van der Waals surface area contributed by atoms with Crippen LogP contribution >= 0.6 is 0 Å². The number of hydrogen-bond acceptors (Lipinski definition) is 8. The molecule has 31 heavy (non-hydrogen) atoms. The monoisotopic (exact) mass is 449 g/mol. The zero-order chi connectivity index (χ0) is 22.2. The number of rotatable bonds is 6. The molecule has 12 heteroatoms. The topological polar surface area (TPSA) is 153 Å². The van der Waals surface area contributed by atoms with Crippen molar-refractivity contribution in [2.45, 2.75) is 24.5 Å². The van der Waals surface area contributed by atoms with Crippen LogP contribution in [0.3, 0.4) is 0 Å². The van der Waals surface area contributed by atoms with Gasteiger partial charge in [-0.2, -0.15) is 0 Å². The standard InChI is InChI=1S/C19H20FN5O5S/c20-12-4-2-1-3-11(12)6-8-31(28,29)24-9-14-16(26)17(27)19(30-14)25-10-23-15-13(21)5-7-22-18(15)25/h1-8,10,14,16-17,19,24,26-27H,9H2,(H2,21,22)/b8-6+/t14-,16-,17-,19-/m1/s1. The molecule has 1 saturated heterocycles. The smallest absolute Gasteiger partial charge is 0.233 e. The van der Waals surface area contributed by atoms with Crippen LogP contribution in [0.2, 0.25) is 0 Å². The van der Waals surface area contributed by atoms with Crippen molar-refractivity contribution in [1.82, 2.24) is 19.3 Å². The Morgan fingerprint density at radius 2 is 2.00 bits per heavy atom. The van der Waals surface area contributed by atoms with Gasteiger partial charge in [0.15, 0.2) is 11.9 Å². The van der Waals surface area contributed by atoms with E-state index in [9.17, 15) is 23.0 Å². The van der Waals surface area contributed by atoms with Gasteiger partial charge in [-0.1, -0.05) is 18.2 Å². The summed E-state index contributed by atoms with van der Waals surface area (Å²) >= 11 is 0. The number of halogens is 1. The van der Waals surface area contributed by atoms with Gasteiger partial charge in [-0.3, -0.25) is 4.57 Å². The quantitative estimate of drug-likeness (QED) is 0.421. The molecule has 3 aromatic rings. The highest BCUT2D eigenvalue weighted by molar-refractivity contribution is 7.92. The lowest BCUT2D eigenvalue weighted by Crippen LogP contribution is -2.39. The minimum atomic E-state index is -3.95. The van der Waals surface area contributed by atoms with E-state index in [0.717, 1.165) is 11.5 Å². The molecule has 5 N–H and O–H groups in total. The molecular weight excluding hydrogens is 429 g/mol. The first-order valence-corrected chi connectivity index (χ1v) is 10.8. The summed E-state index contributed by atoms with van der Waals surface area (Å²) in [6, 6.07) is 7.30. The van der Waals surface area contributed by atoms with E-state index in [1.165, 1.54) is 35.3 Å². The van der Waals surface area contributed by atoms with Crippen molar-refractivity contribution < 1.29 is 27.8 Å². The minimum Gasteiger partial charge on any atom is -0.397 e. The van der Waals surface area contributed by atoms with Crippen LogP contribution in [0, 0.1) is 5.82 Å². The van der Waals surface area contributed by atoms with Crippen LogP contribution in [0.1, 0.15) is 11.8 Å². The zero-order valence-electron chi connectivity index (χ0n) is 16.0. The molecule has 0 spiro atoms. The highest BCUT2D eigenvalue weighted by Crippen LogP contribution is 2.32. The summed E-state index contributed by atoms with van der Waals surface area (Å²) in [7, 11) is -3.95. The number of aromatic nitrogens is 3. The van der Waals surface area contributed by atoms with Crippen molar-refractivity contribution >= 4 is 33.0 Å². The van der Waals surface area contributed by atoms with Crippen molar-refractivity contribution in [2.75, 3.05) is 12.3 Å². The van der Waals surface area contributed by atoms with Gasteiger partial charge in [0.1, 0.15) is 29.6 Å². The highest BCUT2D eigenvalue weighted by Gasteiger charge is 2.44. The van der Waals surface area contributed by atoms with E-state index < -0.39 is 40.4 Å². The number of nitrogens with one attached hydrogen (secondary N) is 1. The van der Waals surface area contributed by atoms with Crippen molar-refractivity contribution in [2.24, 2.45) is 0 Å². The summed E-state index contributed by atoms with van der Waals surface area (Å²) in [4.78, 5) is 8.32. The van der Waals surface area contributed by atoms with Crippen molar-refractivity contribution in [3.63, 3.8) is 0 Å². The van der Waals surface area contributed by atoms with Crippen LogP contribution in [0.25, 0.3) is 17.2 Å². The lowest BCUT2D eigenvalue weighted by atomic mass is 10.1. The normalized spacial score (nSPS) is 24.4. The SMILES string of the molecule is Nc1ccnc2c1ncn2[C@@H]1O[C@H](CNS(=O)(=O)/C=C/c2ccccc2F)[C@@H](O)[C@H]1O. The Kier molecular flexibility index (Phi) is 5.73. The van der Waals surface area contributed by atoms with E-state index in [1.807, 2.05) is 0 Å². The first-order valence-electron chi connectivity index (χ1n) is 9.28. The van der Waals surface area contributed by atoms with E-state index in [0.29, 0.717) is 16.9 Å². The van der Waals surface area contributed by atoms with Crippen LogP contribution < -0.4 is 10.5 Å². The zero-order valence-corrected chi connectivity index (χ0v) is 16.9. The summed E-state index contributed by atoms with van der Waals surface area (Å²) in [5, 5.41) is 21.6. The molecule has 10 nitrogen and oxygen atoms in total. The van der Waals surface area contributed by atoms with Gasteiger partial charge >= 0.3 is 0 Å². The highest BCUT2D eigenvalue weighted by atomic mass is 32.2. The molecule has 1 aliphatic rings. The number of benzene rings is 1. The third kappa shape index (κ3) is 4.29. The molecule has 3 heterocycles. The number of anilines is 1. The number of aliphatic hydroxyl groups is 2. The number of sulfonamides is 1. The Morgan fingerprint density at radius 3 is 2.77 bits per heavy atom. The van der Waals surface area contributed by atoms with Gasteiger partial charge in [0.2, 0.25) is 10.0 Å². The lowest BCUT2D eigenvalue weighted by Gasteiger charge is -2.16. The Morgan fingerprint density at radius 1 is 1.23 bits per heavy atom. The maximum absolute atomic E-state index is 13.6. The fraction of sp³-hybridized carbons (Fsp3) is 0.263. The molecule has 1 aliphatic heterocycles. The van der Waals surface area contributed by atoms with Gasteiger partial charge in [0.25, 0.3) is 0 Å². The van der Waals surface area contributed by atoms with Crippen LogP contribution in [-0.2, 0) is 14.8 Å². The second-order valence-corrected chi connectivity index (χ2v) is 8.64. The third-order valence-corrected chi connectivity index (χ3v) is 5.98. The summed E-state index contributed by atoms with van der Waals surface area (Å²) in [5.74, 6) is -0.559. The van der Waals surface area contributed by atoms with Crippen LogP contribution in [-0.4, -0.2) is 58.0 Å². The average molecular weight is 449 g/mol. The molecule has 4 atom stereocenters. The molecule has 1 fully saturated rings. The first kappa shape index (κ1) is 21.3. The Balaban J connectivity index is 1.46. The van der Waals surface area contributed by atoms with E-state index >= 15 is 0 Å². The van der Waals surface area contributed by atoms with Gasteiger partial charge in [0.05, 0.1) is 12.0 Å². The molecule has 0 aliphatic carbocycles. The number of fused-ring (bicyclic) bond motifs is 1. The number of hydrogen-bond donors (Lipinski definition) is 4. The number of nitrogen functional groups attached to an aromatic ring is 1. The number of imidazole rings is 1. The molecule has 0 radical (unpaired) electrons. The second-order valence-electron chi connectivity index (χ2n) is 6.99. The van der Waals surface area contributed by atoms with Gasteiger partial charge in [-0.15, -0.1) is 0 Å². The molecule has 164 valence electrons. The maximum atomic E-state index is 13.6. The van der Waals surface area contributed by atoms with Crippen LogP contribution in [0.4, 0.5) is 10.1 Å². The largest absolute Gasteiger partial charge is 0.397 e. The van der Waals surface area contributed by atoms with Crippen molar-refractivity contribution in [3.8, 4) is 0 Å². The summed E-state index contributed by atoms with van der Waals surface area (Å²) in [6.45, 7) is -0.319. The van der Waals surface area contributed by atoms with Gasteiger partial charge in [-0.25, -0.2) is 27.5 Å². The molecule has 2 aromatic heterocycles. The molecular formula is C19H20FN5O5S. The summed E-state index contributed by atoms with van der Waals surface area (Å²) < 4.78 is 47.5. The predicted octanol–water partition coefficient (Wildman–Crippen LogP) is 0.362. The molecule has 0 unspecified atom stereocenters. The van der Waals surface area contributed by atoms with E-state index in [-0.39, 0.29) is 12.1 Å². The molecule has 4 rings (SSSR count). The van der Waals surface area contributed by atoms with E-state index in [4.69, 9.17) is 10.5 Å². The number of nitrogens with two attached hydrogens (primary N) is 1. The average Bonchev–Trinajstić information content (AvgIpc) is 3.29. The maximum Gasteiger partial charge on any atom is 0.233 e. The number of nitrogens with zero attached hydrogens (tertiary/aromatic N) is 3. The Bertz CT molecular complexity index is 1230. The number of ether oxygens (including phenoxy) is 1. The molecule has 0 amide bonds. The lowest BCUT2D eigenvalue weighted by molar-refractivity contribution is -0.0329. The van der Waals surface area contributed by atoms with Crippen LogP contribution in [0.5, 0.6) is 0 Å². The molecule has 0 saturated carbocycles.